The number of benzene rings is 1. The van der Waals surface area contributed by atoms with Crippen LogP contribution < -0.4 is 15.0 Å². The number of rotatable bonds is 8. The van der Waals surface area contributed by atoms with E-state index >= 15 is 0 Å². The van der Waals surface area contributed by atoms with Crippen molar-refractivity contribution < 1.29 is 42.1 Å². The van der Waals surface area contributed by atoms with Gasteiger partial charge in [0.15, 0.2) is 18.8 Å². The maximum Gasteiger partial charge on any atom is 0.422 e. The van der Waals surface area contributed by atoms with Crippen molar-refractivity contribution in [2.75, 3.05) is 44.2 Å². The number of aliphatic hydroxyl groups is 2. The highest BCUT2D eigenvalue weighted by Crippen LogP contribution is 2.33. The van der Waals surface area contributed by atoms with Crippen molar-refractivity contribution in [1.29, 1.82) is 0 Å². The largest absolute Gasteiger partial charge is 0.482 e. The van der Waals surface area contributed by atoms with E-state index in [0.717, 1.165) is 25.0 Å². The number of carbonyl (C=O) groups is 2. The van der Waals surface area contributed by atoms with Gasteiger partial charge in [0.25, 0.3) is 11.8 Å². The SMILES string of the molecule is O=C(NCC1CCN(c2ccc(F)cc2OCC(F)(F)F)CC1)[C@H](O)[C@@H](O)C(=O)N1CCCC1. The number of anilines is 1. The van der Waals surface area contributed by atoms with E-state index in [2.05, 4.69) is 5.32 Å². The molecule has 1 aromatic rings. The number of aliphatic hydroxyl groups excluding tert-OH is 2. The van der Waals surface area contributed by atoms with Gasteiger partial charge in [-0.2, -0.15) is 13.2 Å². The van der Waals surface area contributed by atoms with Gasteiger partial charge in [-0.3, -0.25) is 9.59 Å². The molecule has 8 nitrogen and oxygen atoms in total. The molecule has 2 heterocycles. The fourth-order valence-electron chi connectivity index (χ4n) is 4.15. The second-order valence-corrected chi connectivity index (χ2v) is 8.61. The molecular formula is C22H29F4N3O5. The smallest absolute Gasteiger partial charge is 0.422 e. The molecule has 0 radical (unpaired) electrons. The summed E-state index contributed by atoms with van der Waals surface area (Å²) in [5.74, 6) is -2.40. The normalized spacial score (nSPS) is 19.1. The Morgan fingerprint density at radius 1 is 1.09 bits per heavy atom. The topological polar surface area (TPSA) is 102 Å². The van der Waals surface area contributed by atoms with Gasteiger partial charge in [-0.05, 0) is 43.7 Å². The standard InChI is InChI=1S/C22H29F4N3O5/c23-15-3-4-16(17(11-15)34-13-22(24,25)26)28-9-5-14(6-10-28)12-27-20(32)18(30)19(31)21(33)29-7-1-2-8-29/h3-4,11,14,18-19,30-31H,1-2,5-10,12-13H2,(H,27,32)/t18-,19-/m1/s1. The number of piperidine rings is 1. The van der Waals surface area contributed by atoms with Gasteiger partial charge in [0.2, 0.25) is 0 Å². The fourth-order valence-corrected chi connectivity index (χ4v) is 4.15. The molecule has 1 aromatic carbocycles. The lowest BCUT2D eigenvalue weighted by atomic mass is 9.96. The van der Waals surface area contributed by atoms with Gasteiger partial charge in [-0.25, -0.2) is 4.39 Å². The molecule has 0 spiro atoms. The minimum Gasteiger partial charge on any atom is -0.482 e. The average Bonchev–Trinajstić information content (AvgIpc) is 3.35. The van der Waals surface area contributed by atoms with Gasteiger partial charge in [-0.1, -0.05) is 0 Å². The predicted octanol–water partition coefficient (Wildman–Crippen LogP) is 1.44. The van der Waals surface area contributed by atoms with Crippen LogP contribution in [-0.4, -0.2) is 84.6 Å². The van der Waals surface area contributed by atoms with E-state index in [1.54, 1.807) is 4.90 Å². The molecule has 190 valence electrons. The van der Waals surface area contributed by atoms with E-state index < -0.39 is 42.6 Å². The van der Waals surface area contributed by atoms with Crippen molar-refractivity contribution in [2.45, 2.75) is 44.1 Å². The lowest BCUT2D eigenvalue weighted by Crippen LogP contribution is -2.51. The third kappa shape index (κ3) is 6.95. The van der Waals surface area contributed by atoms with E-state index in [0.29, 0.717) is 44.7 Å². The Bertz CT molecular complexity index is 855. The third-order valence-electron chi connectivity index (χ3n) is 6.07. The number of nitrogens with zero attached hydrogens (tertiary/aromatic N) is 2. The summed E-state index contributed by atoms with van der Waals surface area (Å²) >= 11 is 0. The zero-order chi connectivity index (χ0) is 24.9. The maximum absolute atomic E-state index is 13.6. The summed E-state index contributed by atoms with van der Waals surface area (Å²) in [6, 6.07) is 3.44. The predicted molar refractivity (Wildman–Crippen MR) is 114 cm³/mol. The second kappa shape index (κ2) is 11.2. The minimum atomic E-state index is -4.55. The van der Waals surface area contributed by atoms with Gasteiger partial charge in [0, 0.05) is 38.8 Å². The van der Waals surface area contributed by atoms with Crippen molar-refractivity contribution in [2.24, 2.45) is 5.92 Å². The zero-order valence-electron chi connectivity index (χ0n) is 18.6. The molecule has 0 saturated carbocycles. The molecule has 2 saturated heterocycles. The van der Waals surface area contributed by atoms with Crippen molar-refractivity contribution >= 4 is 17.5 Å². The lowest BCUT2D eigenvalue weighted by Gasteiger charge is -2.34. The van der Waals surface area contributed by atoms with Gasteiger partial charge in [-0.15, -0.1) is 0 Å². The zero-order valence-corrected chi connectivity index (χ0v) is 18.6. The molecule has 3 rings (SSSR count). The molecule has 0 unspecified atom stereocenters. The Labute approximate surface area is 194 Å². The first-order chi connectivity index (χ1) is 16.0. The second-order valence-electron chi connectivity index (χ2n) is 8.61. The van der Waals surface area contributed by atoms with Crippen LogP contribution in [-0.2, 0) is 9.59 Å². The van der Waals surface area contributed by atoms with Crippen LogP contribution in [0.1, 0.15) is 25.7 Å². The quantitative estimate of drug-likeness (QED) is 0.476. The molecule has 2 amide bonds. The summed E-state index contributed by atoms with van der Waals surface area (Å²) in [4.78, 5) is 27.6. The first kappa shape index (κ1) is 26.0. The maximum atomic E-state index is 13.6. The number of hydrogen-bond donors (Lipinski definition) is 3. The molecule has 0 bridgehead atoms. The van der Waals surface area contributed by atoms with Crippen molar-refractivity contribution in [1.82, 2.24) is 10.2 Å². The number of ether oxygens (including phenoxy) is 1. The first-order valence-electron chi connectivity index (χ1n) is 11.2. The van der Waals surface area contributed by atoms with Crippen LogP contribution in [0, 0.1) is 11.7 Å². The average molecular weight is 491 g/mol. The summed E-state index contributed by atoms with van der Waals surface area (Å²) in [5.41, 5.74) is 0.354. The number of alkyl halides is 3. The first-order valence-corrected chi connectivity index (χ1v) is 11.2. The highest BCUT2D eigenvalue weighted by Gasteiger charge is 2.35. The van der Waals surface area contributed by atoms with Gasteiger partial charge >= 0.3 is 6.18 Å². The van der Waals surface area contributed by atoms with E-state index in [4.69, 9.17) is 4.74 Å². The van der Waals surface area contributed by atoms with Crippen molar-refractivity contribution in [3.63, 3.8) is 0 Å². The molecule has 3 N–H and O–H groups in total. The summed E-state index contributed by atoms with van der Waals surface area (Å²) in [6.45, 7) is 0.523. The Balaban J connectivity index is 1.48. The van der Waals surface area contributed by atoms with E-state index in [1.807, 2.05) is 0 Å². The monoisotopic (exact) mass is 491 g/mol. The van der Waals surface area contributed by atoms with E-state index in [1.165, 1.54) is 11.0 Å². The number of halogens is 4. The Hall–Kier alpha value is -2.60. The molecule has 34 heavy (non-hydrogen) atoms. The van der Waals surface area contributed by atoms with Gasteiger partial charge in [0.1, 0.15) is 11.6 Å². The minimum absolute atomic E-state index is 0.0128. The van der Waals surface area contributed by atoms with Crippen LogP contribution in [0.3, 0.4) is 0 Å². The highest BCUT2D eigenvalue weighted by atomic mass is 19.4. The van der Waals surface area contributed by atoms with Crippen LogP contribution >= 0.6 is 0 Å². The van der Waals surface area contributed by atoms with Crippen LogP contribution in [0.25, 0.3) is 0 Å². The molecule has 2 atom stereocenters. The molecule has 2 fully saturated rings. The van der Waals surface area contributed by atoms with Crippen LogP contribution in [0.5, 0.6) is 5.75 Å². The van der Waals surface area contributed by atoms with Crippen LogP contribution in [0.2, 0.25) is 0 Å². The van der Waals surface area contributed by atoms with Crippen LogP contribution in [0.15, 0.2) is 18.2 Å². The summed E-state index contributed by atoms with van der Waals surface area (Å²) in [6.07, 6.45) is -5.48. The van der Waals surface area contributed by atoms with Gasteiger partial charge < -0.3 is 30.1 Å². The number of hydrogen-bond acceptors (Lipinski definition) is 6. The van der Waals surface area contributed by atoms with Gasteiger partial charge in [0.05, 0.1) is 5.69 Å². The number of carbonyl (C=O) groups excluding carboxylic acids is 2. The fraction of sp³-hybridized carbons (Fsp3) is 0.636. The summed E-state index contributed by atoms with van der Waals surface area (Å²) in [5, 5.41) is 22.6. The summed E-state index contributed by atoms with van der Waals surface area (Å²) < 4.78 is 55.9. The lowest BCUT2D eigenvalue weighted by molar-refractivity contribution is -0.153. The number of likely N-dealkylation sites (tertiary alicyclic amines) is 1. The van der Waals surface area contributed by atoms with Crippen molar-refractivity contribution in [3.05, 3.63) is 24.0 Å². The third-order valence-corrected chi connectivity index (χ3v) is 6.07. The molecule has 2 aliphatic heterocycles. The number of amides is 2. The van der Waals surface area contributed by atoms with Crippen molar-refractivity contribution in [3.8, 4) is 5.75 Å². The molecule has 12 heteroatoms. The van der Waals surface area contributed by atoms with E-state index in [9.17, 15) is 37.4 Å². The van der Waals surface area contributed by atoms with E-state index in [-0.39, 0.29) is 18.2 Å². The molecule has 2 aliphatic rings. The highest BCUT2D eigenvalue weighted by molar-refractivity contribution is 5.90. The Kier molecular flexibility index (Phi) is 8.58. The molecule has 0 aliphatic carbocycles. The Morgan fingerprint density at radius 2 is 1.74 bits per heavy atom. The molecule has 0 aromatic heterocycles. The summed E-state index contributed by atoms with van der Waals surface area (Å²) in [7, 11) is 0. The number of nitrogens with one attached hydrogen (secondary N) is 1. The van der Waals surface area contributed by atoms with Crippen LogP contribution in [0.4, 0.5) is 23.2 Å². The Morgan fingerprint density at radius 3 is 2.35 bits per heavy atom. The molecular weight excluding hydrogens is 462 g/mol.